The quantitative estimate of drug-likeness (QED) is 0.535. The van der Waals surface area contributed by atoms with E-state index in [-0.39, 0.29) is 6.10 Å². The van der Waals surface area contributed by atoms with Crippen LogP contribution >= 0.6 is 0 Å². The van der Waals surface area contributed by atoms with Gasteiger partial charge in [-0.1, -0.05) is 0 Å². The van der Waals surface area contributed by atoms with Crippen molar-refractivity contribution < 1.29 is 13.9 Å². The molecule has 0 saturated carbocycles. The zero-order valence-corrected chi connectivity index (χ0v) is 15.6. The fraction of sp³-hybridized carbons (Fsp3) is 0.737. The molecule has 2 aliphatic heterocycles. The highest BCUT2D eigenvalue weighted by Crippen LogP contribution is 2.12. The van der Waals surface area contributed by atoms with Crippen LogP contribution in [0.25, 0.3) is 0 Å². The summed E-state index contributed by atoms with van der Waals surface area (Å²) in [5, 5.41) is 6.87. The van der Waals surface area contributed by atoms with Crippen molar-refractivity contribution in [1.82, 2.24) is 15.5 Å². The van der Waals surface area contributed by atoms with Crippen molar-refractivity contribution in [2.45, 2.75) is 31.8 Å². The van der Waals surface area contributed by atoms with E-state index in [9.17, 15) is 0 Å². The van der Waals surface area contributed by atoms with Crippen LogP contribution in [0.1, 0.15) is 25.0 Å². The minimum Gasteiger partial charge on any atom is -0.469 e. The van der Waals surface area contributed by atoms with Gasteiger partial charge in [-0.15, -0.1) is 0 Å². The molecule has 146 valence electrons. The van der Waals surface area contributed by atoms with E-state index in [1.54, 1.807) is 6.26 Å². The molecular weight excluding hydrogens is 332 g/mol. The van der Waals surface area contributed by atoms with Gasteiger partial charge in [0.25, 0.3) is 0 Å². The van der Waals surface area contributed by atoms with Crippen LogP contribution in [0.5, 0.6) is 0 Å². The summed E-state index contributed by atoms with van der Waals surface area (Å²) in [5.41, 5.74) is 0. The number of hydrogen-bond acceptors (Lipinski definition) is 5. The molecule has 1 aromatic heterocycles. The standard InChI is InChI=1S/C19H32N4O3/c1-2-12-26-18(4-1)16-22-19(20-7-6-17-5-3-13-25-17)21-8-9-23-10-14-24-15-11-23/h3,5,13,18H,1-2,4,6-12,14-16H2,(H2,20,21,22). The van der Waals surface area contributed by atoms with Gasteiger partial charge in [-0.05, 0) is 31.4 Å². The third-order valence-corrected chi connectivity index (χ3v) is 4.80. The summed E-state index contributed by atoms with van der Waals surface area (Å²) in [6.07, 6.45) is 6.34. The van der Waals surface area contributed by atoms with Gasteiger partial charge in [-0.3, -0.25) is 9.89 Å². The number of aliphatic imine (C=N–C) groups is 1. The van der Waals surface area contributed by atoms with E-state index in [1.165, 1.54) is 12.8 Å². The summed E-state index contributed by atoms with van der Waals surface area (Å²) in [5.74, 6) is 1.85. The highest BCUT2D eigenvalue weighted by atomic mass is 16.5. The van der Waals surface area contributed by atoms with E-state index in [2.05, 4.69) is 15.5 Å². The largest absolute Gasteiger partial charge is 0.469 e. The molecule has 2 saturated heterocycles. The number of ether oxygens (including phenoxy) is 2. The van der Waals surface area contributed by atoms with Crippen molar-refractivity contribution in [1.29, 1.82) is 0 Å². The van der Waals surface area contributed by atoms with E-state index < -0.39 is 0 Å². The van der Waals surface area contributed by atoms with Crippen LogP contribution in [-0.4, -0.2) is 76.1 Å². The molecule has 2 fully saturated rings. The number of furan rings is 1. The van der Waals surface area contributed by atoms with Crippen molar-refractivity contribution in [2.75, 3.05) is 59.1 Å². The fourth-order valence-corrected chi connectivity index (χ4v) is 3.23. The number of nitrogens with zero attached hydrogens (tertiary/aromatic N) is 2. The smallest absolute Gasteiger partial charge is 0.191 e. The molecule has 1 aromatic rings. The molecular formula is C19H32N4O3. The number of nitrogens with one attached hydrogen (secondary N) is 2. The molecule has 3 heterocycles. The highest BCUT2D eigenvalue weighted by Gasteiger charge is 2.14. The monoisotopic (exact) mass is 364 g/mol. The van der Waals surface area contributed by atoms with Gasteiger partial charge >= 0.3 is 0 Å². The Hall–Kier alpha value is -1.57. The van der Waals surface area contributed by atoms with Crippen molar-refractivity contribution in [3.63, 3.8) is 0 Å². The molecule has 0 aromatic carbocycles. The second kappa shape index (κ2) is 11.2. The van der Waals surface area contributed by atoms with E-state index in [4.69, 9.17) is 18.9 Å². The van der Waals surface area contributed by atoms with Crippen LogP contribution in [0.3, 0.4) is 0 Å². The Bertz CT molecular complexity index is 509. The number of guanidine groups is 1. The lowest BCUT2D eigenvalue weighted by Crippen LogP contribution is -2.45. The zero-order valence-electron chi connectivity index (χ0n) is 15.6. The summed E-state index contributed by atoms with van der Waals surface area (Å²) in [6, 6.07) is 3.92. The van der Waals surface area contributed by atoms with Gasteiger partial charge in [0.15, 0.2) is 5.96 Å². The Kier molecular flexibility index (Phi) is 8.28. The molecule has 2 N–H and O–H groups in total. The molecule has 0 spiro atoms. The van der Waals surface area contributed by atoms with Crippen molar-refractivity contribution in [2.24, 2.45) is 4.99 Å². The molecule has 1 unspecified atom stereocenters. The van der Waals surface area contributed by atoms with E-state index >= 15 is 0 Å². The van der Waals surface area contributed by atoms with Crippen molar-refractivity contribution >= 4 is 5.96 Å². The molecule has 1 atom stereocenters. The number of hydrogen-bond donors (Lipinski definition) is 2. The average Bonchev–Trinajstić information content (AvgIpc) is 3.21. The van der Waals surface area contributed by atoms with Gasteiger partial charge in [0.2, 0.25) is 0 Å². The summed E-state index contributed by atoms with van der Waals surface area (Å²) in [7, 11) is 0. The maximum Gasteiger partial charge on any atom is 0.191 e. The summed E-state index contributed by atoms with van der Waals surface area (Å²) in [6.45, 7) is 7.94. The Labute approximate surface area is 156 Å². The highest BCUT2D eigenvalue weighted by molar-refractivity contribution is 5.79. The van der Waals surface area contributed by atoms with Gasteiger partial charge < -0.3 is 24.5 Å². The minimum atomic E-state index is 0.256. The number of morpholine rings is 1. The van der Waals surface area contributed by atoms with Crippen LogP contribution in [0.2, 0.25) is 0 Å². The van der Waals surface area contributed by atoms with Gasteiger partial charge in [-0.25, -0.2) is 0 Å². The Morgan fingerprint density at radius 3 is 2.81 bits per heavy atom. The van der Waals surface area contributed by atoms with E-state index in [0.717, 1.165) is 77.1 Å². The predicted molar refractivity (Wildman–Crippen MR) is 102 cm³/mol. The van der Waals surface area contributed by atoms with Gasteiger partial charge in [-0.2, -0.15) is 0 Å². The third-order valence-electron chi connectivity index (χ3n) is 4.80. The maximum absolute atomic E-state index is 5.79. The fourth-order valence-electron chi connectivity index (χ4n) is 3.23. The predicted octanol–water partition coefficient (Wildman–Crippen LogP) is 1.26. The van der Waals surface area contributed by atoms with Crippen LogP contribution in [0, 0.1) is 0 Å². The molecule has 7 nitrogen and oxygen atoms in total. The summed E-state index contributed by atoms with van der Waals surface area (Å²) in [4.78, 5) is 7.16. The zero-order chi connectivity index (χ0) is 17.9. The average molecular weight is 364 g/mol. The topological polar surface area (TPSA) is 71.3 Å². The third kappa shape index (κ3) is 6.97. The molecule has 26 heavy (non-hydrogen) atoms. The first kappa shape index (κ1) is 19.2. The summed E-state index contributed by atoms with van der Waals surface area (Å²) >= 11 is 0. The Balaban J connectivity index is 1.42. The normalized spacial score (nSPS) is 22.3. The lowest BCUT2D eigenvalue weighted by atomic mass is 10.1. The molecule has 0 amide bonds. The van der Waals surface area contributed by atoms with Crippen LogP contribution in [-0.2, 0) is 15.9 Å². The van der Waals surface area contributed by atoms with Gasteiger partial charge in [0, 0.05) is 45.8 Å². The van der Waals surface area contributed by atoms with Gasteiger partial charge in [0.05, 0.1) is 32.1 Å². The maximum atomic E-state index is 5.79. The second-order valence-corrected chi connectivity index (χ2v) is 6.81. The van der Waals surface area contributed by atoms with Crippen LogP contribution in [0.15, 0.2) is 27.8 Å². The van der Waals surface area contributed by atoms with Gasteiger partial charge in [0.1, 0.15) is 5.76 Å². The molecule has 0 radical (unpaired) electrons. The lowest BCUT2D eigenvalue weighted by molar-refractivity contribution is 0.0224. The van der Waals surface area contributed by atoms with E-state index in [1.807, 2.05) is 12.1 Å². The van der Waals surface area contributed by atoms with Crippen molar-refractivity contribution in [3.05, 3.63) is 24.2 Å². The first-order valence-corrected chi connectivity index (χ1v) is 9.86. The Morgan fingerprint density at radius 2 is 2.04 bits per heavy atom. The Morgan fingerprint density at radius 1 is 1.15 bits per heavy atom. The van der Waals surface area contributed by atoms with Crippen LogP contribution in [0.4, 0.5) is 0 Å². The van der Waals surface area contributed by atoms with Crippen molar-refractivity contribution in [3.8, 4) is 0 Å². The second-order valence-electron chi connectivity index (χ2n) is 6.81. The minimum absolute atomic E-state index is 0.256. The molecule has 2 aliphatic rings. The molecule has 0 bridgehead atoms. The van der Waals surface area contributed by atoms with Crippen LogP contribution < -0.4 is 10.6 Å². The molecule has 7 heteroatoms. The lowest BCUT2D eigenvalue weighted by Gasteiger charge is -2.27. The number of rotatable bonds is 8. The summed E-state index contributed by atoms with van der Waals surface area (Å²) < 4.78 is 16.6. The first-order chi connectivity index (χ1) is 12.9. The molecule has 3 rings (SSSR count). The first-order valence-electron chi connectivity index (χ1n) is 9.86. The SMILES string of the molecule is c1coc(CCNC(=NCC2CCCCO2)NCCN2CCOCC2)c1. The van der Waals surface area contributed by atoms with E-state index in [0.29, 0.717) is 6.54 Å². The molecule has 0 aliphatic carbocycles.